The Hall–Kier alpha value is -2.74. The summed E-state index contributed by atoms with van der Waals surface area (Å²) in [5.74, 6) is 1.10. The first kappa shape index (κ1) is 18.6. The molecule has 2 aromatic heterocycles. The molecule has 0 radical (unpaired) electrons. The van der Waals surface area contributed by atoms with Gasteiger partial charge in [-0.2, -0.15) is 13.2 Å². The van der Waals surface area contributed by atoms with Crippen molar-refractivity contribution in [3.8, 4) is 11.3 Å². The molecule has 28 heavy (non-hydrogen) atoms. The Morgan fingerprint density at radius 1 is 1.11 bits per heavy atom. The normalized spacial score (nSPS) is 17.6. The molecule has 1 saturated heterocycles. The van der Waals surface area contributed by atoms with E-state index in [9.17, 15) is 13.2 Å². The SMILES string of the molecule is FC(F)(F)c1ccc(-c2cc3nccnc3c(NCC3CCCNC3)n2)cc1. The number of nitrogens with one attached hydrogen (secondary N) is 2. The van der Waals surface area contributed by atoms with Gasteiger partial charge in [-0.3, -0.25) is 4.98 Å². The third kappa shape index (κ3) is 4.06. The van der Waals surface area contributed by atoms with Crippen molar-refractivity contribution in [2.24, 2.45) is 5.92 Å². The van der Waals surface area contributed by atoms with Crippen LogP contribution in [-0.2, 0) is 6.18 Å². The lowest BCUT2D eigenvalue weighted by atomic mass is 10.00. The molecule has 8 heteroatoms. The van der Waals surface area contributed by atoms with Crippen LogP contribution in [0.4, 0.5) is 19.0 Å². The minimum atomic E-state index is -4.36. The molecule has 1 aromatic carbocycles. The number of halogens is 3. The fourth-order valence-electron chi connectivity index (χ4n) is 3.41. The monoisotopic (exact) mass is 387 g/mol. The average Bonchev–Trinajstić information content (AvgIpc) is 2.72. The smallest absolute Gasteiger partial charge is 0.368 e. The fraction of sp³-hybridized carbons (Fsp3) is 0.350. The molecule has 0 spiro atoms. The molecule has 146 valence electrons. The second-order valence-electron chi connectivity index (χ2n) is 6.95. The van der Waals surface area contributed by atoms with Gasteiger partial charge in [0.2, 0.25) is 0 Å². The largest absolute Gasteiger partial charge is 0.416 e. The summed E-state index contributed by atoms with van der Waals surface area (Å²) in [5, 5.41) is 6.75. The number of piperidine rings is 1. The lowest BCUT2D eigenvalue weighted by molar-refractivity contribution is -0.137. The fourth-order valence-corrected chi connectivity index (χ4v) is 3.41. The Morgan fingerprint density at radius 2 is 1.89 bits per heavy atom. The van der Waals surface area contributed by atoms with Crippen molar-refractivity contribution in [3.63, 3.8) is 0 Å². The third-order valence-electron chi connectivity index (χ3n) is 4.92. The second kappa shape index (κ2) is 7.71. The lowest BCUT2D eigenvalue weighted by Crippen LogP contribution is -2.33. The maximum absolute atomic E-state index is 12.8. The van der Waals surface area contributed by atoms with Gasteiger partial charge in [0, 0.05) is 24.5 Å². The lowest BCUT2D eigenvalue weighted by Gasteiger charge is -2.23. The van der Waals surface area contributed by atoms with Crippen LogP contribution in [-0.4, -0.2) is 34.6 Å². The number of hydrogen-bond donors (Lipinski definition) is 2. The zero-order valence-electron chi connectivity index (χ0n) is 15.1. The van der Waals surface area contributed by atoms with Crippen molar-refractivity contribution in [1.82, 2.24) is 20.3 Å². The number of rotatable bonds is 4. The summed E-state index contributed by atoms with van der Waals surface area (Å²) in [4.78, 5) is 13.4. The first-order chi connectivity index (χ1) is 13.5. The van der Waals surface area contributed by atoms with Gasteiger partial charge < -0.3 is 10.6 Å². The van der Waals surface area contributed by atoms with Gasteiger partial charge in [0.15, 0.2) is 5.82 Å². The molecule has 1 aliphatic rings. The van der Waals surface area contributed by atoms with Gasteiger partial charge in [0.1, 0.15) is 5.52 Å². The van der Waals surface area contributed by atoms with Crippen molar-refractivity contribution in [2.45, 2.75) is 19.0 Å². The van der Waals surface area contributed by atoms with Gasteiger partial charge in [-0.05, 0) is 50.0 Å². The summed E-state index contributed by atoms with van der Waals surface area (Å²) in [5.41, 5.74) is 1.78. The van der Waals surface area contributed by atoms with E-state index >= 15 is 0 Å². The quantitative estimate of drug-likeness (QED) is 0.705. The Kier molecular flexibility index (Phi) is 5.13. The van der Waals surface area contributed by atoms with Gasteiger partial charge in [-0.1, -0.05) is 12.1 Å². The number of aromatic nitrogens is 3. The Balaban J connectivity index is 1.65. The van der Waals surface area contributed by atoms with Crippen molar-refractivity contribution in [3.05, 3.63) is 48.3 Å². The third-order valence-corrected chi connectivity index (χ3v) is 4.92. The number of fused-ring (bicyclic) bond motifs is 1. The molecule has 1 unspecified atom stereocenters. The van der Waals surface area contributed by atoms with E-state index < -0.39 is 11.7 Å². The number of benzene rings is 1. The summed E-state index contributed by atoms with van der Waals surface area (Å²) in [7, 11) is 0. The van der Waals surface area contributed by atoms with Crippen molar-refractivity contribution in [1.29, 1.82) is 0 Å². The molecule has 2 N–H and O–H groups in total. The van der Waals surface area contributed by atoms with Crippen LogP contribution < -0.4 is 10.6 Å². The minimum Gasteiger partial charge on any atom is -0.368 e. The van der Waals surface area contributed by atoms with Crippen molar-refractivity contribution in [2.75, 3.05) is 25.0 Å². The topological polar surface area (TPSA) is 62.7 Å². The summed E-state index contributed by atoms with van der Waals surface area (Å²) in [6.45, 7) is 2.75. The molecule has 0 amide bonds. The van der Waals surface area contributed by atoms with E-state index in [2.05, 4.69) is 25.6 Å². The van der Waals surface area contributed by atoms with E-state index in [0.717, 1.165) is 44.6 Å². The Labute approximate surface area is 160 Å². The molecule has 0 aliphatic carbocycles. The highest BCUT2D eigenvalue weighted by Gasteiger charge is 2.30. The molecule has 3 heterocycles. The molecule has 4 rings (SSSR count). The highest BCUT2D eigenvalue weighted by Crippen LogP contribution is 2.31. The number of nitrogens with zero attached hydrogens (tertiary/aromatic N) is 3. The molecule has 1 atom stereocenters. The van der Waals surface area contributed by atoms with Gasteiger partial charge in [0.25, 0.3) is 0 Å². The van der Waals surface area contributed by atoms with E-state index in [1.54, 1.807) is 18.5 Å². The van der Waals surface area contributed by atoms with Crippen LogP contribution in [0.2, 0.25) is 0 Å². The second-order valence-corrected chi connectivity index (χ2v) is 6.95. The van der Waals surface area contributed by atoms with Gasteiger partial charge >= 0.3 is 6.18 Å². The van der Waals surface area contributed by atoms with Gasteiger partial charge in [-0.15, -0.1) is 0 Å². The zero-order valence-corrected chi connectivity index (χ0v) is 15.1. The van der Waals surface area contributed by atoms with Gasteiger partial charge in [0.05, 0.1) is 16.8 Å². The average molecular weight is 387 g/mol. The highest BCUT2D eigenvalue weighted by atomic mass is 19.4. The number of anilines is 1. The number of pyridine rings is 1. The van der Waals surface area contributed by atoms with Crippen molar-refractivity contribution < 1.29 is 13.2 Å². The van der Waals surface area contributed by atoms with Crippen LogP contribution in [0.15, 0.2) is 42.7 Å². The predicted molar refractivity (Wildman–Crippen MR) is 102 cm³/mol. The summed E-state index contributed by atoms with van der Waals surface area (Å²) >= 11 is 0. The molecule has 5 nitrogen and oxygen atoms in total. The maximum atomic E-state index is 12.8. The predicted octanol–water partition coefficient (Wildman–Crippen LogP) is 4.12. The first-order valence-electron chi connectivity index (χ1n) is 9.25. The maximum Gasteiger partial charge on any atom is 0.416 e. The van der Waals surface area contributed by atoms with Crippen LogP contribution in [0.5, 0.6) is 0 Å². The Bertz CT molecular complexity index is 950. The highest BCUT2D eigenvalue weighted by molar-refractivity contribution is 5.88. The number of hydrogen-bond acceptors (Lipinski definition) is 5. The molecule has 0 saturated carbocycles. The Morgan fingerprint density at radius 3 is 2.61 bits per heavy atom. The summed E-state index contributed by atoms with van der Waals surface area (Å²) < 4.78 is 38.5. The molecule has 1 fully saturated rings. The molecular formula is C20H20F3N5. The minimum absolute atomic E-state index is 0.497. The standard InChI is InChI=1S/C20H20F3N5/c21-20(22,23)15-5-3-14(4-6-15)16-10-17-18(26-9-8-25-17)19(28-16)27-12-13-2-1-7-24-11-13/h3-6,8-10,13,24H,1-2,7,11-12H2,(H,27,28). The first-order valence-corrected chi connectivity index (χ1v) is 9.25. The van der Waals surface area contributed by atoms with E-state index in [1.807, 2.05) is 0 Å². The summed E-state index contributed by atoms with van der Waals surface area (Å²) in [6.07, 6.45) is 1.12. The van der Waals surface area contributed by atoms with E-state index in [-0.39, 0.29) is 0 Å². The van der Waals surface area contributed by atoms with E-state index in [0.29, 0.717) is 34.0 Å². The molecular weight excluding hydrogens is 367 g/mol. The van der Waals surface area contributed by atoms with Crippen LogP contribution in [0.25, 0.3) is 22.3 Å². The van der Waals surface area contributed by atoms with Gasteiger partial charge in [-0.25, -0.2) is 9.97 Å². The number of alkyl halides is 3. The van der Waals surface area contributed by atoms with E-state index in [1.165, 1.54) is 12.1 Å². The van der Waals surface area contributed by atoms with E-state index in [4.69, 9.17) is 0 Å². The molecule has 0 bridgehead atoms. The molecule has 1 aliphatic heterocycles. The zero-order chi connectivity index (χ0) is 19.6. The van der Waals surface area contributed by atoms with Crippen molar-refractivity contribution >= 4 is 16.9 Å². The van der Waals surface area contributed by atoms with Crippen LogP contribution in [0.3, 0.4) is 0 Å². The summed E-state index contributed by atoms with van der Waals surface area (Å²) in [6, 6.07) is 6.75. The van der Waals surface area contributed by atoms with Crippen LogP contribution in [0, 0.1) is 5.92 Å². The molecule has 3 aromatic rings. The van der Waals surface area contributed by atoms with Crippen LogP contribution >= 0.6 is 0 Å². The van der Waals surface area contributed by atoms with Crippen LogP contribution in [0.1, 0.15) is 18.4 Å².